The van der Waals surface area contributed by atoms with Crippen molar-refractivity contribution in [1.29, 1.82) is 0 Å². The van der Waals surface area contributed by atoms with Gasteiger partial charge in [0.25, 0.3) is 0 Å². The number of benzene rings is 8. The van der Waals surface area contributed by atoms with Gasteiger partial charge in [0.15, 0.2) is 0 Å². The summed E-state index contributed by atoms with van der Waals surface area (Å²) in [5.74, 6) is 1.56. The fraction of sp³-hybridized carbons (Fsp3) is 0. The maximum Gasteiger partial charge on any atom is 0.135 e. The second-order valence-electron chi connectivity index (χ2n) is 10.9. The van der Waals surface area contributed by atoms with Crippen LogP contribution in [0.3, 0.4) is 0 Å². The summed E-state index contributed by atoms with van der Waals surface area (Å²) in [6.45, 7) is 0. The van der Waals surface area contributed by atoms with E-state index in [0.717, 1.165) is 55.7 Å². The fourth-order valence-corrected chi connectivity index (χ4v) is 6.64. The van der Waals surface area contributed by atoms with Gasteiger partial charge in [0.05, 0.1) is 5.48 Å². The molecule has 0 saturated carbocycles. The van der Waals surface area contributed by atoms with Gasteiger partial charge in [-0.15, -0.1) is 0 Å². The number of hydrogen-bond donors (Lipinski definition) is 0. The minimum atomic E-state index is 0.270. The highest BCUT2D eigenvalue weighted by atomic mass is 16.5. The predicted octanol–water partition coefficient (Wildman–Crippen LogP) is 11.9. The highest BCUT2D eigenvalue weighted by molar-refractivity contribution is 6.24. The summed E-state index contributed by atoms with van der Waals surface area (Å²) in [6.07, 6.45) is 0. The van der Waals surface area contributed by atoms with E-state index in [2.05, 4.69) is 48.5 Å². The molecule has 0 radical (unpaired) electrons. The summed E-state index contributed by atoms with van der Waals surface area (Å²) in [6, 6.07) is 44.3. The van der Waals surface area contributed by atoms with Gasteiger partial charge in [0, 0.05) is 10.9 Å². The van der Waals surface area contributed by atoms with Crippen molar-refractivity contribution >= 4 is 32.3 Å². The van der Waals surface area contributed by atoms with Crippen LogP contribution in [-0.4, -0.2) is 0 Å². The molecule has 0 aromatic heterocycles. The molecule has 0 aliphatic carbocycles. The normalized spacial score (nSPS) is 13.2. The highest BCUT2D eigenvalue weighted by Gasteiger charge is 2.23. The summed E-state index contributed by atoms with van der Waals surface area (Å²) in [7, 11) is 0. The number of hydrogen-bond acceptors (Lipinski definition) is 1. The molecular weight excluding hydrogens is 520 g/mol. The molecule has 9 rings (SSSR count). The Balaban J connectivity index is 1.42. The Bertz CT molecular complexity index is 2500. The van der Waals surface area contributed by atoms with Crippen LogP contribution in [-0.2, 0) is 0 Å². The third kappa shape index (κ3) is 3.65. The van der Waals surface area contributed by atoms with Gasteiger partial charge in [-0.2, -0.15) is 0 Å². The highest BCUT2D eigenvalue weighted by Crippen LogP contribution is 2.51. The van der Waals surface area contributed by atoms with Gasteiger partial charge in [-0.1, -0.05) is 145 Å². The molecule has 0 N–H and O–H groups in total. The van der Waals surface area contributed by atoms with E-state index < -0.39 is 0 Å². The third-order valence-corrected chi connectivity index (χ3v) is 8.53. The Labute approximate surface area is 255 Å². The molecule has 1 aliphatic rings. The maximum absolute atomic E-state index is 9.28. The first-order valence-corrected chi connectivity index (χ1v) is 14.4. The number of ether oxygens (including phenoxy) is 1. The first kappa shape index (κ1) is 20.3. The van der Waals surface area contributed by atoms with Crippen molar-refractivity contribution in [2.24, 2.45) is 0 Å². The molecule has 0 saturated heterocycles. The van der Waals surface area contributed by atoms with E-state index in [1.807, 2.05) is 60.7 Å². The second kappa shape index (κ2) is 9.44. The summed E-state index contributed by atoms with van der Waals surface area (Å²) < 4.78 is 43.4. The monoisotopic (exact) mass is 550 g/mol. The topological polar surface area (TPSA) is 9.23 Å². The van der Waals surface area contributed by atoms with Crippen molar-refractivity contribution in [3.05, 3.63) is 158 Å². The first-order valence-electron chi connectivity index (χ1n) is 16.4. The van der Waals surface area contributed by atoms with Crippen LogP contribution in [0.1, 0.15) is 5.48 Å². The van der Waals surface area contributed by atoms with E-state index in [1.54, 1.807) is 24.3 Å². The van der Waals surface area contributed by atoms with Crippen molar-refractivity contribution in [1.82, 2.24) is 0 Å². The molecule has 0 atom stereocenters. The Morgan fingerprint density at radius 2 is 0.907 bits per heavy atom. The minimum Gasteiger partial charge on any atom is -0.456 e. The maximum atomic E-state index is 9.28. The molecule has 200 valence electrons. The quantitative estimate of drug-likeness (QED) is 0.199. The second-order valence-corrected chi connectivity index (χ2v) is 10.9. The molecule has 0 amide bonds. The van der Waals surface area contributed by atoms with Crippen LogP contribution in [0.4, 0.5) is 0 Å². The molecule has 0 bridgehead atoms. The molecular formula is C42H26O. The number of para-hydroxylation sites is 1. The summed E-state index contributed by atoms with van der Waals surface area (Å²) >= 11 is 0. The van der Waals surface area contributed by atoms with E-state index in [9.17, 15) is 5.48 Å². The van der Waals surface area contributed by atoms with Gasteiger partial charge in [-0.25, -0.2) is 0 Å². The molecule has 1 aliphatic heterocycles. The van der Waals surface area contributed by atoms with Crippen molar-refractivity contribution in [3.63, 3.8) is 0 Å². The lowest BCUT2D eigenvalue weighted by Gasteiger charge is -2.24. The molecule has 0 spiro atoms. The first-order chi connectivity index (χ1) is 23.0. The fourth-order valence-electron chi connectivity index (χ4n) is 6.64. The Morgan fingerprint density at radius 1 is 0.349 bits per heavy atom. The summed E-state index contributed by atoms with van der Waals surface area (Å²) in [5.41, 5.74) is 7.31. The number of fused-ring (bicyclic) bond motifs is 4. The van der Waals surface area contributed by atoms with Crippen LogP contribution in [0.25, 0.3) is 76.8 Å². The summed E-state index contributed by atoms with van der Waals surface area (Å²) in [4.78, 5) is 0. The molecule has 8 aromatic rings. The minimum absolute atomic E-state index is 0.270. The van der Waals surface area contributed by atoms with Crippen molar-refractivity contribution in [2.45, 2.75) is 0 Å². The largest absolute Gasteiger partial charge is 0.456 e. The zero-order chi connectivity index (χ0) is 31.8. The zero-order valence-corrected chi connectivity index (χ0v) is 23.1. The van der Waals surface area contributed by atoms with Gasteiger partial charge in [0.2, 0.25) is 0 Å². The zero-order valence-electron chi connectivity index (χ0n) is 27.1. The molecule has 8 aromatic carbocycles. The van der Waals surface area contributed by atoms with Crippen molar-refractivity contribution in [2.75, 3.05) is 0 Å². The Morgan fingerprint density at radius 3 is 1.63 bits per heavy atom. The molecule has 0 fully saturated rings. The van der Waals surface area contributed by atoms with Crippen molar-refractivity contribution in [3.8, 4) is 56.0 Å². The molecule has 1 heterocycles. The van der Waals surface area contributed by atoms with Gasteiger partial charge in [0.1, 0.15) is 11.5 Å². The lowest BCUT2D eigenvalue weighted by Crippen LogP contribution is -1.98. The Kier molecular flexibility index (Phi) is 4.45. The van der Waals surface area contributed by atoms with Gasteiger partial charge in [-0.05, 0) is 78.0 Å². The molecule has 1 heteroatoms. The third-order valence-electron chi connectivity index (χ3n) is 8.53. The van der Waals surface area contributed by atoms with E-state index in [-0.39, 0.29) is 24.2 Å². The van der Waals surface area contributed by atoms with Crippen molar-refractivity contribution < 1.29 is 10.2 Å². The van der Waals surface area contributed by atoms with Crippen LogP contribution in [0.15, 0.2) is 158 Å². The smallest absolute Gasteiger partial charge is 0.135 e. The SMILES string of the molecule is [2H]c1ccc([2H])c2c(-c3ccc4c5c(cccc35)Oc3ccccc3-4)c3c([2H])ccc([2H])c3c(-c3ccc(-c4ccccc4)cc3)c12. The number of rotatable bonds is 3. The Hall–Kier alpha value is -5.66. The lowest BCUT2D eigenvalue weighted by atomic mass is 9.83. The predicted molar refractivity (Wildman–Crippen MR) is 181 cm³/mol. The molecule has 1 nitrogen and oxygen atoms in total. The van der Waals surface area contributed by atoms with Crippen LogP contribution in [0, 0.1) is 0 Å². The van der Waals surface area contributed by atoms with Gasteiger partial charge < -0.3 is 4.74 Å². The standard InChI is InChI=1S/C42H26O/c1-2-11-27(12-3-1)28-21-23-29(24-22-28)40-31-14-4-6-16-33(31)41(34-17-7-5-15-32(34)40)37-26-25-36-30-13-8-9-19-38(30)43-39-20-10-18-35(37)42(36)39/h1-26H/i14D,15D,16D,17D. The lowest BCUT2D eigenvalue weighted by molar-refractivity contribution is 0.487. The van der Waals surface area contributed by atoms with Crippen LogP contribution < -0.4 is 4.74 Å². The van der Waals surface area contributed by atoms with Gasteiger partial charge >= 0.3 is 0 Å². The van der Waals surface area contributed by atoms with E-state index in [1.165, 1.54) is 0 Å². The van der Waals surface area contributed by atoms with E-state index in [4.69, 9.17) is 4.74 Å². The van der Waals surface area contributed by atoms with E-state index >= 15 is 0 Å². The van der Waals surface area contributed by atoms with Gasteiger partial charge in [-0.3, -0.25) is 0 Å². The van der Waals surface area contributed by atoms with Crippen LogP contribution >= 0.6 is 0 Å². The summed E-state index contributed by atoms with van der Waals surface area (Å²) in [5, 5.41) is 4.31. The average Bonchev–Trinajstić information content (AvgIpc) is 3.11. The molecule has 0 unspecified atom stereocenters. The van der Waals surface area contributed by atoms with E-state index in [0.29, 0.717) is 32.7 Å². The molecule has 43 heavy (non-hydrogen) atoms. The average molecular weight is 551 g/mol. The van der Waals surface area contributed by atoms with Crippen LogP contribution in [0.5, 0.6) is 11.5 Å². The van der Waals surface area contributed by atoms with Crippen LogP contribution in [0.2, 0.25) is 0 Å².